The van der Waals surface area contributed by atoms with Crippen LogP contribution in [-0.4, -0.2) is 70.2 Å². The van der Waals surface area contributed by atoms with E-state index in [0.717, 1.165) is 50.6 Å². The molecule has 0 aromatic heterocycles. The molecule has 0 aliphatic carbocycles. The summed E-state index contributed by atoms with van der Waals surface area (Å²) in [5.74, 6) is -2.76. The Morgan fingerprint density at radius 1 is 0.871 bits per heavy atom. The van der Waals surface area contributed by atoms with Crippen molar-refractivity contribution in [2.24, 2.45) is 0 Å². The minimum atomic E-state index is -1.82. The van der Waals surface area contributed by atoms with Crippen LogP contribution in [0.5, 0.6) is 5.75 Å². The van der Waals surface area contributed by atoms with Gasteiger partial charge in [0.25, 0.3) is 5.69 Å². The Morgan fingerprint density at radius 3 is 1.58 bits per heavy atom. The SMILES string of the molecule is COc1ccc(CN2CCN(Cc3ccc([N+](=O)[O-])cc3)CC2)cc1.O=C(O)C(=O)O. The topological polar surface area (TPSA) is 133 Å². The summed E-state index contributed by atoms with van der Waals surface area (Å²) >= 11 is 0. The summed E-state index contributed by atoms with van der Waals surface area (Å²) < 4.78 is 5.19. The molecular weight excluding hydrogens is 406 g/mol. The standard InChI is InChI=1S/C19H23N3O3.C2H2O4/c1-25-19-8-4-17(5-9-19)15-21-12-10-20(11-13-21)14-16-2-6-18(7-3-16)22(23)24;3-1(4)2(5)6/h2-9H,10-15H2,1H3;(H,3,4)(H,5,6). The molecule has 0 atom stereocenters. The van der Waals surface area contributed by atoms with Gasteiger partial charge in [-0.1, -0.05) is 24.3 Å². The Hall–Kier alpha value is -3.50. The number of nitro groups is 1. The summed E-state index contributed by atoms with van der Waals surface area (Å²) in [6.07, 6.45) is 0. The first-order valence-electron chi connectivity index (χ1n) is 9.55. The minimum absolute atomic E-state index is 0.146. The van der Waals surface area contributed by atoms with E-state index in [-0.39, 0.29) is 10.6 Å². The number of carboxylic acid groups (broad SMARTS) is 2. The normalized spacial score (nSPS) is 14.2. The Kier molecular flexibility index (Phi) is 8.92. The van der Waals surface area contributed by atoms with Crippen molar-refractivity contribution in [2.75, 3.05) is 33.3 Å². The zero-order valence-electron chi connectivity index (χ0n) is 17.1. The molecule has 0 spiro atoms. The molecule has 2 N–H and O–H groups in total. The third-order valence-corrected chi connectivity index (χ3v) is 4.77. The summed E-state index contributed by atoms with van der Waals surface area (Å²) in [4.78, 5) is 33.4. The highest BCUT2D eigenvalue weighted by molar-refractivity contribution is 6.27. The number of rotatable bonds is 6. The second kappa shape index (κ2) is 11.6. The number of hydrogen-bond donors (Lipinski definition) is 2. The zero-order valence-corrected chi connectivity index (χ0v) is 17.1. The molecular formula is C21H25N3O7. The number of non-ortho nitro benzene ring substituents is 1. The second-order valence-corrected chi connectivity index (χ2v) is 6.93. The van der Waals surface area contributed by atoms with Crippen molar-refractivity contribution in [3.63, 3.8) is 0 Å². The second-order valence-electron chi connectivity index (χ2n) is 6.93. The van der Waals surface area contributed by atoms with Crippen molar-refractivity contribution in [3.8, 4) is 5.75 Å². The molecule has 10 nitrogen and oxygen atoms in total. The Morgan fingerprint density at radius 2 is 1.26 bits per heavy atom. The molecule has 0 amide bonds. The van der Waals surface area contributed by atoms with Gasteiger partial charge in [-0.3, -0.25) is 19.9 Å². The first-order chi connectivity index (χ1) is 14.8. The van der Waals surface area contributed by atoms with Crippen LogP contribution in [-0.2, 0) is 22.7 Å². The van der Waals surface area contributed by atoms with Crippen molar-refractivity contribution in [1.29, 1.82) is 0 Å². The predicted molar refractivity (Wildman–Crippen MR) is 112 cm³/mol. The molecule has 0 unspecified atom stereocenters. The number of piperazine rings is 1. The number of nitro benzene ring substituents is 1. The maximum Gasteiger partial charge on any atom is 0.414 e. The molecule has 31 heavy (non-hydrogen) atoms. The highest BCUT2D eigenvalue weighted by Crippen LogP contribution is 2.16. The number of nitrogens with zero attached hydrogens (tertiary/aromatic N) is 3. The molecule has 10 heteroatoms. The quantitative estimate of drug-likeness (QED) is 0.400. The maximum atomic E-state index is 10.7. The van der Waals surface area contributed by atoms with Crippen molar-refractivity contribution in [2.45, 2.75) is 13.1 Å². The van der Waals surface area contributed by atoms with Crippen LogP contribution in [0.3, 0.4) is 0 Å². The van der Waals surface area contributed by atoms with Crippen LogP contribution in [0.15, 0.2) is 48.5 Å². The van der Waals surface area contributed by atoms with Crippen LogP contribution in [0.25, 0.3) is 0 Å². The lowest BCUT2D eigenvalue weighted by Crippen LogP contribution is -2.45. The lowest BCUT2D eigenvalue weighted by atomic mass is 10.1. The predicted octanol–water partition coefficient (Wildman–Crippen LogP) is 2.08. The molecule has 3 rings (SSSR count). The van der Waals surface area contributed by atoms with Crippen LogP contribution < -0.4 is 4.74 Å². The molecule has 0 radical (unpaired) electrons. The molecule has 1 aliphatic heterocycles. The molecule has 166 valence electrons. The van der Waals surface area contributed by atoms with Gasteiger partial charge in [-0.05, 0) is 23.3 Å². The molecule has 2 aromatic rings. The van der Waals surface area contributed by atoms with E-state index in [1.807, 2.05) is 24.3 Å². The smallest absolute Gasteiger partial charge is 0.414 e. The van der Waals surface area contributed by atoms with Gasteiger partial charge in [0.05, 0.1) is 12.0 Å². The van der Waals surface area contributed by atoms with Crippen molar-refractivity contribution >= 4 is 17.6 Å². The fourth-order valence-electron chi connectivity index (χ4n) is 3.08. The van der Waals surface area contributed by atoms with Crippen LogP contribution in [0, 0.1) is 10.1 Å². The molecule has 1 saturated heterocycles. The molecule has 1 heterocycles. The van der Waals surface area contributed by atoms with Gasteiger partial charge in [0.15, 0.2) is 0 Å². The Bertz CT molecular complexity index is 865. The fraction of sp³-hybridized carbons (Fsp3) is 0.333. The van der Waals surface area contributed by atoms with E-state index in [9.17, 15) is 10.1 Å². The van der Waals surface area contributed by atoms with Gasteiger partial charge in [0, 0.05) is 51.4 Å². The molecule has 2 aromatic carbocycles. The van der Waals surface area contributed by atoms with E-state index in [1.165, 1.54) is 5.56 Å². The van der Waals surface area contributed by atoms with Gasteiger partial charge in [-0.25, -0.2) is 9.59 Å². The van der Waals surface area contributed by atoms with Crippen molar-refractivity contribution < 1.29 is 29.5 Å². The lowest BCUT2D eigenvalue weighted by molar-refractivity contribution is -0.384. The molecule has 1 fully saturated rings. The van der Waals surface area contributed by atoms with Gasteiger partial charge < -0.3 is 14.9 Å². The van der Waals surface area contributed by atoms with E-state index in [1.54, 1.807) is 19.2 Å². The molecule has 1 aliphatic rings. The minimum Gasteiger partial charge on any atom is -0.497 e. The van der Waals surface area contributed by atoms with Crippen LogP contribution >= 0.6 is 0 Å². The molecule has 0 saturated carbocycles. The summed E-state index contributed by atoms with van der Waals surface area (Å²) in [7, 11) is 1.68. The largest absolute Gasteiger partial charge is 0.497 e. The third-order valence-electron chi connectivity index (χ3n) is 4.77. The maximum absolute atomic E-state index is 10.7. The zero-order chi connectivity index (χ0) is 22.8. The number of hydrogen-bond acceptors (Lipinski definition) is 7. The van der Waals surface area contributed by atoms with E-state index in [2.05, 4.69) is 21.9 Å². The lowest BCUT2D eigenvalue weighted by Gasteiger charge is -2.34. The highest BCUT2D eigenvalue weighted by atomic mass is 16.6. The summed E-state index contributed by atoms with van der Waals surface area (Å²) in [5.41, 5.74) is 2.56. The summed E-state index contributed by atoms with van der Waals surface area (Å²) in [6.45, 7) is 5.86. The van der Waals surface area contributed by atoms with Gasteiger partial charge in [-0.15, -0.1) is 0 Å². The first kappa shape index (κ1) is 23.8. The number of methoxy groups -OCH3 is 1. The molecule has 0 bridgehead atoms. The van der Waals surface area contributed by atoms with Crippen molar-refractivity contribution in [3.05, 3.63) is 69.8 Å². The van der Waals surface area contributed by atoms with E-state index >= 15 is 0 Å². The van der Waals surface area contributed by atoms with Crippen molar-refractivity contribution in [1.82, 2.24) is 9.80 Å². The third kappa shape index (κ3) is 8.03. The summed E-state index contributed by atoms with van der Waals surface area (Å²) in [5, 5.41) is 25.5. The highest BCUT2D eigenvalue weighted by Gasteiger charge is 2.17. The van der Waals surface area contributed by atoms with E-state index < -0.39 is 11.9 Å². The number of carboxylic acids is 2. The first-order valence-corrected chi connectivity index (χ1v) is 9.55. The summed E-state index contributed by atoms with van der Waals surface area (Å²) in [6, 6.07) is 15.1. The fourth-order valence-corrected chi connectivity index (χ4v) is 3.08. The van der Waals surface area contributed by atoms with Gasteiger partial charge in [0.2, 0.25) is 0 Å². The number of benzene rings is 2. The number of carbonyl (C=O) groups is 2. The van der Waals surface area contributed by atoms with Crippen LogP contribution in [0.1, 0.15) is 11.1 Å². The van der Waals surface area contributed by atoms with Gasteiger partial charge >= 0.3 is 11.9 Å². The Balaban J connectivity index is 0.000000501. The van der Waals surface area contributed by atoms with E-state index in [0.29, 0.717) is 0 Å². The number of ether oxygens (including phenoxy) is 1. The average Bonchev–Trinajstić information content (AvgIpc) is 2.76. The Labute approximate surface area is 179 Å². The van der Waals surface area contributed by atoms with E-state index in [4.69, 9.17) is 24.5 Å². The average molecular weight is 431 g/mol. The van der Waals surface area contributed by atoms with Gasteiger partial charge in [0.1, 0.15) is 5.75 Å². The monoisotopic (exact) mass is 431 g/mol. The number of aliphatic carboxylic acids is 2. The van der Waals surface area contributed by atoms with Crippen LogP contribution in [0.4, 0.5) is 5.69 Å². The van der Waals surface area contributed by atoms with Crippen LogP contribution in [0.2, 0.25) is 0 Å². The van der Waals surface area contributed by atoms with Gasteiger partial charge in [-0.2, -0.15) is 0 Å².